The molecule has 0 aliphatic rings. The molecule has 0 unspecified atom stereocenters. The van der Waals surface area contributed by atoms with Gasteiger partial charge in [-0.2, -0.15) is 0 Å². The summed E-state index contributed by atoms with van der Waals surface area (Å²) in [5.41, 5.74) is 5.19. The van der Waals surface area contributed by atoms with Gasteiger partial charge in [0.1, 0.15) is 11.8 Å². The number of aliphatic carboxylic acids is 1. The average Bonchev–Trinajstić information content (AvgIpc) is 2.42. The van der Waals surface area contributed by atoms with Crippen LogP contribution in [-0.4, -0.2) is 36.0 Å². The average molecular weight is 280 g/mol. The molecule has 0 bridgehead atoms. The molecule has 0 heterocycles. The minimum Gasteiger partial charge on any atom is -0.496 e. The Hall–Kier alpha value is -2.57. The van der Waals surface area contributed by atoms with Crippen molar-refractivity contribution in [3.63, 3.8) is 0 Å². The van der Waals surface area contributed by atoms with E-state index in [1.807, 2.05) is 0 Å². The third-order valence-electron chi connectivity index (χ3n) is 2.63. The second-order valence-electron chi connectivity index (χ2n) is 4.07. The lowest BCUT2D eigenvalue weighted by Gasteiger charge is -2.15. The fourth-order valence-corrected chi connectivity index (χ4v) is 1.61. The molecule has 4 N–H and O–H groups in total. The van der Waals surface area contributed by atoms with Crippen LogP contribution in [-0.2, 0) is 9.59 Å². The van der Waals surface area contributed by atoms with Crippen LogP contribution in [0.4, 0.5) is 0 Å². The van der Waals surface area contributed by atoms with E-state index in [4.69, 9.17) is 15.6 Å². The highest BCUT2D eigenvalue weighted by Crippen LogP contribution is 2.17. The van der Waals surface area contributed by atoms with Gasteiger partial charge in [-0.15, -0.1) is 0 Å². The molecule has 1 aromatic rings. The molecular weight excluding hydrogens is 264 g/mol. The predicted octanol–water partition coefficient (Wildman–Crippen LogP) is 0.144. The van der Waals surface area contributed by atoms with Crippen molar-refractivity contribution in [2.75, 3.05) is 7.11 Å². The number of methoxy groups -OCH3 is 1. The number of carbonyl (C=O) groups excluding carboxylic acids is 2. The molecule has 0 aromatic heterocycles. The van der Waals surface area contributed by atoms with Crippen molar-refractivity contribution in [3.05, 3.63) is 29.8 Å². The highest BCUT2D eigenvalue weighted by Gasteiger charge is 2.22. The van der Waals surface area contributed by atoms with Crippen molar-refractivity contribution in [2.24, 2.45) is 5.73 Å². The van der Waals surface area contributed by atoms with Crippen LogP contribution in [0.5, 0.6) is 5.75 Å². The van der Waals surface area contributed by atoms with Crippen molar-refractivity contribution in [1.29, 1.82) is 0 Å². The van der Waals surface area contributed by atoms with E-state index in [0.717, 1.165) is 0 Å². The van der Waals surface area contributed by atoms with Crippen molar-refractivity contribution in [2.45, 2.75) is 18.9 Å². The summed E-state index contributed by atoms with van der Waals surface area (Å²) < 4.78 is 5.02. The minimum atomic E-state index is -1.23. The van der Waals surface area contributed by atoms with Crippen molar-refractivity contribution < 1.29 is 24.2 Å². The highest BCUT2D eigenvalue weighted by atomic mass is 16.5. The topological polar surface area (TPSA) is 119 Å². The maximum absolute atomic E-state index is 12.0. The second kappa shape index (κ2) is 7.13. The number of rotatable bonds is 7. The van der Waals surface area contributed by atoms with E-state index in [-0.39, 0.29) is 18.4 Å². The number of nitrogens with two attached hydrogens (primary N) is 1. The Morgan fingerprint density at radius 3 is 2.55 bits per heavy atom. The maximum Gasteiger partial charge on any atom is 0.326 e. The van der Waals surface area contributed by atoms with E-state index in [1.54, 1.807) is 18.2 Å². The Labute approximate surface area is 115 Å². The molecule has 0 aliphatic carbocycles. The predicted molar refractivity (Wildman–Crippen MR) is 70.3 cm³/mol. The van der Waals surface area contributed by atoms with Gasteiger partial charge in [0.05, 0.1) is 12.7 Å². The van der Waals surface area contributed by atoms with Crippen LogP contribution in [0.3, 0.4) is 0 Å². The summed E-state index contributed by atoms with van der Waals surface area (Å²) in [5, 5.41) is 11.3. The number of benzene rings is 1. The lowest BCUT2D eigenvalue weighted by molar-refractivity contribution is -0.139. The van der Waals surface area contributed by atoms with Crippen molar-refractivity contribution in [3.8, 4) is 5.75 Å². The molecule has 20 heavy (non-hydrogen) atoms. The monoisotopic (exact) mass is 280 g/mol. The first kappa shape index (κ1) is 15.5. The number of hydrogen-bond acceptors (Lipinski definition) is 4. The van der Waals surface area contributed by atoms with Gasteiger partial charge in [-0.05, 0) is 18.6 Å². The zero-order valence-electron chi connectivity index (χ0n) is 11.0. The molecule has 7 nitrogen and oxygen atoms in total. The Balaban J connectivity index is 2.80. The molecule has 108 valence electrons. The summed E-state index contributed by atoms with van der Waals surface area (Å²) >= 11 is 0. The first-order valence-electron chi connectivity index (χ1n) is 5.90. The van der Waals surface area contributed by atoms with Gasteiger partial charge in [0.25, 0.3) is 5.91 Å². The Bertz CT molecular complexity index is 515. The standard InChI is InChI=1S/C13H16N2O5/c1-20-10-5-3-2-4-8(10)12(17)15-9(13(18)19)6-7-11(14)16/h2-5,9H,6-7H2,1H3,(H2,14,16)(H,15,17)(H,18,19)/t9-/m0/s1. The molecule has 7 heteroatoms. The summed E-state index contributed by atoms with van der Waals surface area (Å²) in [6, 6.07) is 5.25. The SMILES string of the molecule is COc1ccccc1C(=O)N[C@@H](CCC(N)=O)C(=O)O. The molecule has 0 fully saturated rings. The quantitative estimate of drug-likeness (QED) is 0.656. The first-order valence-corrected chi connectivity index (χ1v) is 5.90. The molecule has 2 amide bonds. The number of hydrogen-bond donors (Lipinski definition) is 3. The normalized spacial score (nSPS) is 11.4. The highest BCUT2D eigenvalue weighted by molar-refractivity contribution is 5.99. The number of primary amides is 1. The zero-order chi connectivity index (χ0) is 15.1. The third kappa shape index (κ3) is 4.27. The minimum absolute atomic E-state index is 0.0639. The summed E-state index contributed by atoms with van der Waals surface area (Å²) in [4.78, 5) is 33.7. The first-order chi connectivity index (χ1) is 9.45. The van der Waals surface area contributed by atoms with Crippen LogP contribution >= 0.6 is 0 Å². The number of amides is 2. The van der Waals surface area contributed by atoms with Gasteiger partial charge in [0, 0.05) is 6.42 Å². The van der Waals surface area contributed by atoms with Gasteiger partial charge >= 0.3 is 5.97 Å². The molecule has 0 aliphatic heterocycles. The van der Waals surface area contributed by atoms with E-state index < -0.39 is 23.8 Å². The summed E-state index contributed by atoms with van der Waals surface area (Å²) in [6.07, 6.45) is -0.186. The molecule has 1 atom stereocenters. The largest absolute Gasteiger partial charge is 0.496 e. The van der Waals surface area contributed by atoms with Crippen LogP contribution in [0, 0.1) is 0 Å². The van der Waals surface area contributed by atoms with Crippen LogP contribution in [0.2, 0.25) is 0 Å². The number of ether oxygens (including phenoxy) is 1. The van der Waals surface area contributed by atoms with Gasteiger partial charge in [0.2, 0.25) is 5.91 Å². The van der Waals surface area contributed by atoms with E-state index in [1.165, 1.54) is 13.2 Å². The van der Waals surface area contributed by atoms with Crippen LogP contribution in [0.25, 0.3) is 0 Å². The van der Waals surface area contributed by atoms with Crippen LogP contribution < -0.4 is 15.8 Å². The molecule has 1 rings (SSSR count). The Kier molecular flexibility index (Phi) is 5.52. The number of para-hydroxylation sites is 1. The van der Waals surface area contributed by atoms with Gasteiger partial charge in [0.15, 0.2) is 0 Å². The molecular formula is C13H16N2O5. The number of carboxylic acids is 1. The van der Waals surface area contributed by atoms with E-state index in [0.29, 0.717) is 5.75 Å². The number of carbonyl (C=O) groups is 3. The van der Waals surface area contributed by atoms with E-state index >= 15 is 0 Å². The maximum atomic E-state index is 12.0. The Morgan fingerprint density at radius 2 is 2.00 bits per heavy atom. The lowest BCUT2D eigenvalue weighted by Crippen LogP contribution is -2.41. The molecule has 0 radical (unpaired) electrons. The van der Waals surface area contributed by atoms with Crippen LogP contribution in [0.15, 0.2) is 24.3 Å². The van der Waals surface area contributed by atoms with E-state index in [2.05, 4.69) is 5.32 Å². The van der Waals surface area contributed by atoms with Gasteiger partial charge in [-0.25, -0.2) is 4.79 Å². The molecule has 0 saturated heterocycles. The number of nitrogens with one attached hydrogen (secondary N) is 1. The smallest absolute Gasteiger partial charge is 0.326 e. The van der Waals surface area contributed by atoms with Crippen molar-refractivity contribution >= 4 is 17.8 Å². The zero-order valence-corrected chi connectivity index (χ0v) is 11.0. The third-order valence-corrected chi connectivity index (χ3v) is 2.63. The fourth-order valence-electron chi connectivity index (χ4n) is 1.61. The molecule has 0 saturated carbocycles. The van der Waals surface area contributed by atoms with Gasteiger partial charge in [-0.3, -0.25) is 9.59 Å². The summed E-state index contributed by atoms with van der Waals surface area (Å²) in [6.45, 7) is 0. The summed E-state index contributed by atoms with van der Waals surface area (Å²) in [5.74, 6) is -2.10. The second-order valence-corrected chi connectivity index (χ2v) is 4.07. The number of carboxylic acid groups (broad SMARTS) is 1. The Morgan fingerprint density at radius 1 is 1.35 bits per heavy atom. The van der Waals surface area contributed by atoms with Gasteiger partial charge in [-0.1, -0.05) is 12.1 Å². The summed E-state index contributed by atoms with van der Waals surface area (Å²) in [7, 11) is 1.41. The van der Waals surface area contributed by atoms with Crippen LogP contribution in [0.1, 0.15) is 23.2 Å². The molecule has 0 spiro atoms. The van der Waals surface area contributed by atoms with E-state index in [9.17, 15) is 14.4 Å². The van der Waals surface area contributed by atoms with Gasteiger partial charge < -0.3 is 20.9 Å². The van der Waals surface area contributed by atoms with Crippen molar-refractivity contribution in [1.82, 2.24) is 5.32 Å². The fraction of sp³-hybridized carbons (Fsp3) is 0.308. The lowest BCUT2D eigenvalue weighted by atomic mass is 10.1. The molecule has 1 aromatic carbocycles.